The van der Waals surface area contributed by atoms with Crippen LogP contribution in [-0.4, -0.2) is 20.9 Å². The van der Waals surface area contributed by atoms with E-state index in [2.05, 4.69) is 31.2 Å². The van der Waals surface area contributed by atoms with E-state index >= 15 is 0 Å². The van der Waals surface area contributed by atoms with E-state index in [1.165, 1.54) is 5.56 Å². The highest BCUT2D eigenvalue weighted by Crippen LogP contribution is 2.55. The van der Waals surface area contributed by atoms with Gasteiger partial charge in [-0.15, -0.1) is 0 Å². The lowest BCUT2D eigenvalue weighted by Gasteiger charge is -2.50. The normalized spacial score (nSPS) is 25.5. The first kappa shape index (κ1) is 19.0. The molecule has 1 saturated carbocycles. The topological polar surface area (TPSA) is 63.1 Å². The van der Waals surface area contributed by atoms with Crippen molar-refractivity contribution in [2.45, 2.75) is 44.9 Å². The van der Waals surface area contributed by atoms with Crippen LogP contribution in [0.15, 0.2) is 54.6 Å². The number of fused-ring (bicyclic) bond motifs is 3. The summed E-state index contributed by atoms with van der Waals surface area (Å²) in [6, 6.07) is 17.9. The number of aromatic hydroxyl groups is 1. The van der Waals surface area contributed by atoms with Crippen molar-refractivity contribution in [3.63, 3.8) is 0 Å². The van der Waals surface area contributed by atoms with E-state index in [-0.39, 0.29) is 23.0 Å². The van der Waals surface area contributed by atoms with Crippen LogP contribution in [0, 0.1) is 18.8 Å². The van der Waals surface area contributed by atoms with Gasteiger partial charge in [-0.1, -0.05) is 49.4 Å². The highest BCUT2D eigenvalue weighted by molar-refractivity contribution is 5.83. The largest absolute Gasteiger partial charge is 0.508 e. The van der Waals surface area contributed by atoms with E-state index in [0.29, 0.717) is 12.2 Å². The quantitative estimate of drug-likeness (QED) is 0.659. The monoisotopic (exact) mass is 398 g/mol. The van der Waals surface area contributed by atoms with Crippen molar-refractivity contribution in [3.8, 4) is 17.0 Å². The lowest BCUT2D eigenvalue weighted by Crippen LogP contribution is -2.50. The Morgan fingerprint density at radius 1 is 1.03 bits per heavy atom. The first-order valence-corrected chi connectivity index (χ1v) is 10.8. The lowest BCUT2D eigenvalue weighted by atomic mass is 9.52. The zero-order valence-corrected chi connectivity index (χ0v) is 17.4. The SMILES string of the molecule is Cc1nc(-c2cccc(O)c2)c2c(n1)[C@@]1(c3ccccc3)CCC(=O)[C@@H](C)[C@@H]1CC2. The van der Waals surface area contributed by atoms with E-state index < -0.39 is 0 Å². The van der Waals surface area contributed by atoms with Crippen LogP contribution in [0.1, 0.15) is 48.8 Å². The van der Waals surface area contributed by atoms with Gasteiger partial charge in [0.2, 0.25) is 0 Å². The number of phenolic OH excluding ortho intramolecular Hbond substituents is 1. The molecule has 0 amide bonds. The number of nitrogens with zero attached hydrogens (tertiary/aromatic N) is 2. The Kier molecular flexibility index (Phi) is 4.46. The molecule has 5 rings (SSSR count). The third kappa shape index (κ3) is 2.78. The van der Waals surface area contributed by atoms with Gasteiger partial charge in [0, 0.05) is 28.9 Å². The smallest absolute Gasteiger partial charge is 0.136 e. The number of carbonyl (C=O) groups is 1. The summed E-state index contributed by atoms with van der Waals surface area (Å²) in [6.45, 7) is 4.03. The Morgan fingerprint density at radius 3 is 2.60 bits per heavy atom. The fourth-order valence-corrected chi connectivity index (χ4v) is 5.80. The second-order valence-electron chi connectivity index (χ2n) is 8.73. The van der Waals surface area contributed by atoms with Crippen molar-refractivity contribution in [2.75, 3.05) is 0 Å². The summed E-state index contributed by atoms with van der Waals surface area (Å²) in [5, 5.41) is 10.0. The Labute approximate surface area is 177 Å². The molecule has 0 spiro atoms. The maximum Gasteiger partial charge on any atom is 0.136 e. The maximum absolute atomic E-state index is 12.7. The molecule has 0 aliphatic heterocycles. The van der Waals surface area contributed by atoms with Crippen molar-refractivity contribution < 1.29 is 9.90 Å². The van der Waals surface area contributed by atoms with E-state index in [9.17, 15) is 9.90 Å². The van der Waals surface area contributed by atoms with Gasteiger partial charge < -0.3 is 5.11 Å². The molecule has 4 nitrogen and oxygen atoms in total. The number of aromatic nitrogens is 2. The van der Waals surface area contributed by atoms with Gasteiger partial charge in [0.05, 0.1) is 11.4 Å². The first-order chi connectivity index (χ1) is 14.5. The molecule has 1 N–H and O–H groups in total. The molecule has 4 heteroatoms. The molecule has 30 heavy (non-hydrogen) atoms. The average molecular weight is 399 g/mol. The summed E-state index contributed by atoms with van der Waals surface area (Å²) >= 11 is 0. The van der Waals surface area contributed by atoms with Crippen LogP contribution < -0.4 is 0 Å². The standard InChI is InChI=1S/C26H26N2O2/c1-16-22-12-11-21-24(18-7-6-10-20(29)15-18)27-17(2)28-25(21)26(22,14-13-23(16)30)19-8-4-3-5-9-19/h3-10,15-16,22,29H,11-14H2,1-2H3/t16-,22-,26+/m0/s1. The second kappa shape index (κ2) is 7.05. The minimum Gasteiger partial charge on any atom is -0.508 e. The van der Waals surface area contributed by atoms with Crippen molar-refractivity contribution >= 4 is 5.78 Å². The Bertz CT molecular complexity index is 1130. The van der Waals surface area contributed by atoms with Gasteiger partial charge in [-0.3, -0.25) is 4.79 Å². The number of benzene rings is 2. The van der Waals surface area contributed by atoms with E-state index in [0.717, 1.165) is 47.6 Å². The molecule has 2 aliphatic rings. The van der Waals surface area contributed by atoms with Gasteiger partial charge in [0.15, 0.2) is 0 Å². The fourth-order valence-electron chi connectivity index (χ4n) is 5.80. The molecule has 2 aromatic carbocycles. The number of ketones is 1. The zero-order valence-electron chi connectivity index (χ0n) is 17.4. The van der Waals surface area contributed by atoms with Crippen LogP contribution in [0.4, 0.5) is 0 Å². The summed E-state index contributed by atoms with van der Waals surface area (Å²) in [6.07, 6.45) is 3.15. The minimum absolute atomic E-state index is 0.0200. The van der Waals surface area contributed by atoms with Crippen molar-refractivity contribution in [1.82, 2.24) is 9.97 Å². The van der Waals surface area contributed by atoms with E-state index in [4.69, 9.17) is 9.97 Å². The molecule has 0 radical (unpaired) electrons. The summed E-state index contributed by atoms with van der Waals surface area (Å²) < 4.78 is 0. The average Bonchev–Trinajstić information content (AvgIpc) is 2.76. The highest BCUT2D eigenvalue weighted by atomic mass is 16.3. The van der Waals surface area contributed by atoms with Gasteiger partial charge in [-0.05, 0) is 49.8 Å². The van der Waals surface area contributed by atoms with Crippen LogP contribution in [0.3, 0.4) is 0 Å². The number of hydrogen-bond acceptors (Lipinski definition) is 4. The Hall–Kier alpha value is -3.01. The number of Topliss-reactive ketones (excluding diaryl/α,β-unsaturated/α-hetero) is 1. The molecule has 0 unspecified atom stereocenters. The molecule has 1 aromatic heterocycles. The number of hydrogen-bond donors (Lipinski definition) is 1. The van der Waals surface area contributed by atoms with Crippen LogP contribution in [0.2, 0.25) is 0 Å². The minimum atomic E-state index is -0.276. The molecule has 1 heterocycles. The molecule has 1 fully saturated rings. The Morgan fingerprint density at radius 2 is 1.83 bits per heavy atom. The summed E-state index contributed by atoms with van der Waals surface area (Å²) in [5.41, 5.74) is 5.03. The molecular formula is C26H26N2O2. The summed E-state index contributed by atoms with van der Waals surface area (Å²) in [4.78, 5) is 22.5. The fraction of sp³-hybridized carbons (Fsp3) is 0.346. The molecular weight excluding hydrogens is 372 g/mol. The summed E-state index contributed by atoms with van der Waals surface area (Å²) in [7, 11) is 0. The van der Waals surface area contributed by atoms with Crippen molar-refractivity contribution in [2.24, 2.45) is 11.8 Å². The lowest BCUT2D eigenvalue weighted by molar-refractivity contribution is -0.128. The zero-order chi connectivity index (χ0) is 20.9. The summed E-state index contributed by atoms with van der Waals surface area (Å²) in [5.74, 6) is 1.59. The molecule has 3 atom stereocenters. The maximum atomic E-state index is 12.7. The number of carbonyl (C=O) groups excluding carboxylic acids is 1. The van der Waals surface area contributed by atoms with Crippen LogP contribution in [0.25, 0.3) is 11.3 Å². The second-order valence-corrected chi connectivity index (χ2v) is 8.73. The molecule has 3 aromatic rings. The molecule has 152 valence electrons. The van der Waals surface area contributed by atoms with Crippen LogP contribution in [-0.2, 0) is 16.6 Å². The molecule has 0 saturated heterocycles. The van der Waals surface area contributed by atoms with Crippen molar-refractivity contribution in [1.29, 1.82) is 0 Å². The molecule has 2 aliphatic carbocycles. The van der Waals surface area contributed by atoms with Gasteiger partial charge in [0.1, 0.15) is 17.4 Å². The third-order valence-electron chi connectivity index (χ3n) is 7.17. The van der Waals surface area contributed by atoms with E-state index in [1.54, 1.807) is 12.1 Å². The van der Waals surface area contributed by atoms with Gasteiger partial charge in [0.25, 0.3) is 0 Å². The van der Waals surface area contributed by atoms with Gasteiger partial charge in [-0.25, -0.2) is 9.97 Å². The van der Waals surface area contributed by atoms with Gasteiger partial charge >= 0.3 is 0 Å². The van der Waals surface area contributed by atoms with Crippen LogP contribution >= 0.6 is 0 Å². The molecule has 0 bridgehead atoms. The predicted octanol–water partition coefficient (Wildman–Crippen LogP) is 5.01. The Balaban J connectivity index is 1.80. The van der Waals surface area contributed by atoms with Crippen molar-refractivity contribution in [3.05, 3.63) is 77.2 Å². The number of aryl methyl sites for hydroxylation is 1. The third-order valence-corrected chi connectivity index (χ3v) is 7.17. The first-order valence-electron chi connectivity index (χ1n) is 10.8. The number of rotatable bonds is 2. The highest BCUT2D eigenvalue weighted by Gasteiger charge is 2.53. The van der Waals surface area contributed by atoms with Gasteiger partial charge in [-0.2, -0.15) is 0 Å². The predicted molar refractivity (Wildman–Crippen MR) is 116 cm³/mol. The number of phenols is 1. The van der Waals surface area contributed by atoms with E-state index in [1.807, 2.05) is 25.1 Å². The van der Waals surface area contributed by atoms with Crippen LogP contribution in [0.5, 0.6) is 5.75 Å².